The summed E-state index contributed by atoms with van der Waals surface area (Å²) in [6.45, 7) is 0. The van der Waals surface area contributed by atoms with Crippen LogP contribution in [0.15, 0.2) is 200 Å². The molecule has 0 amide bonds. The van der Waals surface area contributed by atoms with Crippen LogP contribution < -0.4 is 0 Å². The van der Waals surface area contributed by atoms with Crippen LogP contribution in [0.1, 0.15) is 0 Å². The maximum Gasteiger partial charge on any atom is 0.164 e. The van der Waals surface area contributed by atoms with Crippen molar-refractivity contribution < 1.29 is 0 Å². The number of hydrogen-bond donors (Lipinski definition) is 0. The summed E-state index contributed by atoms with van der Waals surface area (Å²) < 4.78 is 2.58. The van der Waals surface area contributed by atoms with Crippen LogP contribution in [0.2, 0.25) is 0 Å². The highest BCUT2D eigenvalue weighted by Crippen LogP contribution is 2.39. The molecule has 0 unspecified atom stereocenters. The Morgan fingerprint density at radius 3 is 1.74 bits per heavy atom. The second kappa shape index (κ2) is 13.8. The van der Waals surface area contributed by atoms with Gasteiger partial charge in [-0.15, -0.1) is 11.3 Å². The summed E-state index contributed by atoms with van der Waals surface area (Å²) in [6, 6.07) is 71.1. The van der Waals surface area contributed by atoms with Crippen LogP contribution in [0.5, 0.6) is 0 Å². The van der Waals surface area contributed by atoms with Gasteiger partial charge in [-0.25, -0.2) is 15.0 Å². The van der Waals surface area contributed by atoms with Crippen LogP contribution in [-0.4, -0.2) is 15.0 Å². The first-order valence-corrected chi connectivity index (χ1v) is 20.0. The number of rotatable bonds is 6. The molecule has 57 heavy (non-hydrogen) atoms. The number of hydrogen-bond acceptors (Lipinski definition) is 4. The van der Waals surface area contributed by atoms with Crippen LogP contribution >= 0.6 is 11.3 Å². The lowest BCUT2D eigenvalue weighted by molar-refractivity contribution is 1.08. The number of thiophene rings is 1. The van der Waals surface area contributed by atoms with Gasteiger partial charge in [0.25, 0.3) is 0 Å². The number of fused-ring (bicyclic) bond motifs is 5. The van der Waals surface area contributed by atoms with Crippen LogP contribution in [0.4, 0.5) is 0 Å². The van der Waals surface area contributed by atoms with Gasteiger partial charge in [0.05, 0.1) is 0 Å². The highest BCUT2D eigenvalue weighted by Gasteiger charge is 2.19. The zero-order valence-electron chi connectivity index (χ0n) is 30.8. The van der Waals surface area contributed by atoms with Crippen LogP contribution in [0.25, 0.3) is 109 Å². The first-order valence-electron chi connectivity index (χ1n) is 19.2. The molecule has 2 heterocycles. The van der Waals surface area contributed by atoms with Crippen molar-refractivity contribution in [1.82, 2.24) is 15.0 Å². The molecule has 266 valence electrons. The standard InChI is InChI=1S/C53H33N3S/c1-2-13-34(14-3-1)42-31-39-17-6-7-21-44(39)48(32-42)53-55-51(41-19-12-18-37(30-41)38-27-28-46-45-22-10-11-24-49(45)57-50(46)33-38)54-52(56-53)47-23-9-8-20-43(47)40-26-25-35-15-4-5-16-36(35)29-40/h1-33H. The molecule has 11 rings (SSSR count). The molecule has 9 aromatic carbocycles. The number of aromatic nitrogens is 3. The molecule has 2 aromatic heterocycles. The molecule has 0 radical (unpaired) electrons. The smallest absolute Gasteiger partial charge is 0.164 e. The van der Waals surface area contributed by atoms with E-state index in [4.69, 9.17) is 15.0 Å². The third kappa shape index (κ3) is 6.04. The maximum atomic E-state index is 5.35. The molecular formula is C53H33N3S. The van der Waals surface area contributed by atoms with Gasteiger partial charge in [0.2, 0.25) is 0 Å². The average Bonchev–Trinajstić information content (AvgIpc) is 3.67. The molecule has 0 atom stereocenters. The van der Waals surface area contributed by atoms with Gasteiger partial charge in [-0.05, 0) is 91.3 Å². The lowest BCUT2D eigenvalue weighted by Gasteiger charge is -2.15. The molecular weight excluding hydrogens is 711 g/mol. The highest BCUT2D eigenvalue weighted by atomic mass is 32.1. The van der Waals surface area contributed by atoms with Crippen LogP contribution in [-0.2, 0) is 0 Å². The number of nitrogens with zero attached hydrogens (tertiary/aromatic N) is 3. The molecule has 0 bridgehead atoms. The van der Waals surface area contributed by atoms with E-state index in [1.807, 2.05) is 11.3 Å². The van der Waals surface area contributed by atoms with Gasteiger partial charge in [-0.3, -0.25) is 0 Å². The van der Waals surface area contributed by atoms with Crippen molar-refractivity contribution in [3.05, 3.63) is 200 Å². The minimum absolute atomic E-state index is 0.627. The molecule has 0 fully saturated rings. The van der Waals surface area contributed by atoms with E-state index < -0.39 is 0 Å². The quantitative estimate of drug-likeness (QED) is 0.170. The summed E-state index contributed by atoms with van der Waals surface area (Å²) in [6.07, 6.45) is 0. The Balaban J connectivity index is 1.12. The van der Waals surface area contributed by atoms with Gasteiger partial charge in [0.1, 0.15) is 0 Å². The lowest BCUT2D eigenvalue weighted by Crippen LogP contribution is -2.02. The van der Waals surface area contributed by atoms with Crippen molar-refractivity contribution in [3.8, 4) is 67.5 Å². The summed E-state index contributed by atoms with van der Waals surface area (Å²) in [7, 11) is 0. The SMILES string of the molecule is c1ccc(-c2cc(-c3nc(-c4cccc(-c5ccc6c(c5)sc5ccccc56)c4)nc(-c4ccccc4-c4ccc5ccccc5c4)n3)c3ccccc3c2)cc1. The molecule has 3 nitrogen and oxygen atoms in total. The Labute approximate surface area is 334 Å². The summed E-state index contributed by atoms with van der Waals surface area (Å²) in [4.78, 5) is 16.0. The van der Waals surface area contributed by atoms with Crippen LogP contribution in [0.3, 0.4) is 0 Å². The van der Waals surface area contributed by atoms with Crippen molar-refractivity contribution in [2.24, 2.45) is 0 Å². The molecule has 0 N–H and O–H groups in total. The molecule has 0 saturated heterocycles. The third-order valence-electron chi connectivity index (χ3n) is 10.9. The number of benzene rings is 9. The van der Waals surface area contributed by atoms with E-state index in [1.165, 1.54) is 30.9 Å². The Kier molecular flexibility index (Phi) is 8.01. The predicted octanol–water partition coefficient (Wildman–Crippen LogP) is 14.5. The van der Waals surface area contributed by atoms with Crippen molar-refractivity contribution in [2.75, 3.05) is 0 Å². The third-order valence-corrected chi connectivity index (χ3v) is 12.0. The normalized spacial score (nSPS) is 11.5. The minimum atomic E-state index is 0.627. The van der Waals surface area contributed by atoms with Crippen LogP contribution in [0, 0.1) is 0 Å². The van der Waals surface area contributed by atoms with Crippen molar-refractivity contribution in [2.45, 2.75) is 0 Å². The molecule has 0 aliphatic rings. The van der Waals surface area contributed by atoms with E-state index in [0.717, 1.165) is 60.8 Å². The predicted molar refractivity (Wildman–Crippen MR) is 240 cm³/mol. The van der Waals surface area contributed by atoms with Gasteiger partial charge in [-0.1, -0.05) is 164 Å². The molecule has 0 aliphatic carbocycles. The van der Waals surface area contributed by atoms with Gasteiger partial charge in [0.15, 0.2) is 17.5 Å². The van der Waals surface area contributed by atoms with E-state index in [9.17, 15) is 0 Å². The molecule has 0 aliphatic heterocycles. The first-order chi connectivity index (χ1) is 28.2. The fraction of sp³-hybridized carbons (Fsp3) is 0. The summed E-state index contributed by atoms with van der Waals surface area (Å²) in [5, 5.41) is 7.21. The first kappa shape index (κ1) is 33.1. The Bertz CT molecular complexity index is 3310. The van der Waals surface area contributed by atoms with Crippen molar-refractivity contribution >= 4 is 53.1 Å². The lowest BCUT2D eigenvalue weighted by atomic mass is 9.95. The minimum Gasteiger partial charge on any atom is -0.208 e. The van der Waals surface area contributed by atoms with E-state index in [1.54, 1.807) is 0 Å². The largest absolute Gasteiger partial charge is 0.208 e. The van der Waals surface area contributed by atoms with E-state index >= 15 is 0 Å². The van der Waals surface area contributed by atoms with E-state index in [2.05, 4.69) is 200 Å². The second-order valence-electron chi connectivity index (χ2n) is 14.4. The fourth-order valence-electron chi connectivity index (χ4n) is 8.07. The highest BCUT2D eigenvalue weighted by molar-refractivity contribution is 7.25. The Morgan fingerprint density at radius 2 is 0.860 bits per heavy atom. The fourth-order valence-corrected chi connectivity index (χ4v) is 9.21. The Morgan fingerprint density at radius 1 is 0.263 bits per heavy atom. The van der Waals surface area contributed by atoms with Crippen molar-refractivity contribution in [1.29, 1.82) is 0 Å². The molecule has 0 spiro atoms. The van der Waals surface area contributed by atoms with Gasteiger partial charge < -0.3 is 0 Å². The van der Waals surface area contributed by atoms with Gasteiger partial charge in [-0.2, -0.15) is 0 Å². The average molecular weight is 744 g/mol. The monoisotopic (exact) mass is 743 g/mol. The zero-order chi connectivity index (χ0) is 37.7. The topological polar surface area (TPSA) is 38.7 Å². The van der Waals surface area contributed by atoms with Gasteiger partial charge in [0, 0.05) is 36.9 Å². The van der Waals surface area contributed by atoms with Gasteiger partial charge >= 0.3 is 0 Å². The molecule has 0 saturated carbocycles. The second-order valence-corrected chi connectivity index (χ2v) is 15.5. The summed E-state index contributed by atoms with van der Waals surface area (Å²) >= 11 is 1.84. The Hall–Kier alpha value is -7.27. The summed E-state index contributed by atoms with van der Waals surface area (Å²) in [5.41, 5.74) is 9.56. The van der Waals surface area contributed by atoms with E-state index in [-0.39, 0.29) is 0 Å². The maximum absolute atomic E-state index is 5.35. The molecule has 4 heteroatoms. The molecule has 11 aromatic rings. The van der Waals surface area contributed by atoms with Crippen molar-refractivity contribution in [3.63, 3.8) is 0 Å². The van der Waals surface area contributed by atoms with E-state index in [0.29, 0.717) is 17.5 Å². The zero-order valence-corrected chi connectivity index (χ0v) is 31.6. The summed E-state index contributed by atoms with van der Waals surface area (Å²) in [5.74, 6) is 1.89.